The highest BCUT2D eigenvalue weighted by atomic mass is 32.1. The first-order valence-corrected chi connectivity index (χ1v) is 5.09. The van der Waals surface area contributed by atoms with Gasteiger partial charge in [0.2, 0.25) is 0 Å². The first-order chi connectivity index (χ1) is 7.68. The van der Waals surface area contributed by atoms with Crippen molar-refractivity contribution in [1.29, 1.82) is 0 Å². The van der Waals surface area contributed by atoms with Crippen LogP contribution in [0.3, 0.4) is 0 Å². The minimum Gasteiger partial charge on any atom is -0.389 e. The molecule has 5 nitrogen and oxygen atoms in total. The van der Waals surface area contributed by atoms with Gasteiger partial charge in [-0.1, -0.05) is 12.2 Å². The van der Waals surface area contributed by atoms with Crippen LogP contribution in [0.15, 0.2) is 30.6 Å². The fourth-order valence-electron chi connectivity index (χ4n) is 1.32. The predicted octanol–water partition coefficient (Wildman–Crippen LogP) is 1.19. The van der Waals surface area contributed by atoms with Gasteiger partial charge < -0.3 is 11.1 Å². The van der Waals surface area contributed by atoms with Gasteiger partial charge in [-0.3, -0.25) is 4.68 Å². The second-order valence-electron chi connectivity index (χ2n) is 3.23. The van der Waals surface area contributed by atoms with E-state index in [-0.39, 0.29) is 0 Å². The number of nitrogens with one attached hydrogen (secondary N) is 1. The standard InChI is InChI=1S/C10H11N5S/c1-15-8(4-6-13-15)14-10-7(9(11)16)3-2-5-12-10/h2-6H,1H3,(H2,11,16)(H,12,14). The number of hydrogen-bond donors (Lipinski definition) is 2. The SMILES string of the molecule is Cn1nccc1Nc1ncccc1C(N)=S. The Morgan fingerprint density at radius 2 is 2.25 bits per heavy atom. The molecule has 3 N–H and O–H groups in total. The molecule has 2 aromatic rings. The van der Waals surface area contributed by atoms with E-state index in [9.17, 15) is 0 Å². The Labute approximate surface area is 98.3 Å². The van der Waals surface area contributed by atoms with Gasteiger partial charge in [0, 0.05) is 19.3 Å². The monoisotopic (exact) mass is 233 g/mol. The molecule has 0 amide bonds. The van der Waals surface area contributed by atoms with Crippen LogP contribution in [-0.2, 0) is 7.05 Å². The van der Waals surface area contributed by atoms with Gasteiger partial charge in [-0.25, -0.2) is 4.98 Å². The molecule has 82 valence electrons. The number of hydrogen-bond acceptors (Lipinski definition) is 4. The molecule has 0 saturated carbocycles. The maximum absolute atomic E-state index is 5.61. The van der Waals surface area contributed by atoms with E-state index in [1.807, 2.05) is 19.2 Å². The molecule has 2 aromatic heterocycles. The zero-order chi connectivity index (χ0) is 11.5. The van der Waals surface area contributed by atoms with Crippen molar-refractivity contribution in [2.24, 2.45) is 12.8 Å². The summed E-state index contributed by atoms with van der Waals surface area (Å²) in [6.07, 6.45) is 3.38. The molecule has 0 radical (unpaired) electrons. The highest BCUT2D eigenvalue weighted by Crippen LogP contribution is 2.17. The third kappa shape index (κ3) is 2.01. The molecule has 16 heavy (non-hydrogen) atoms. The van der Waals surface area contributed by atoms with Crippen LogP contribution < -0.4 is 11.1 Å². The first-order valence-electron chi connectivity index (χ1n) is 4.68. The Balaban J connectivity index is 2.35. The number of pyridine rings is 1. The fraction of sp³-hybridized carbons (Fsp3) is 0.100. The first kappa shape index (κ1) is 10.6. The van der Waals surface area contributed by atoms with Crippen molar-refractivity contribution in [3.63, 3.8) is 0 Å². The summed E-state index contributed by atoms with van der Waals surface area (Å²) in [5, 5.41) is 7.17. The lowest BCUT2D eigenvalue weighted by molar-refractivity contribution is 0.776. The lowest BCUT2D eigenvalue weighted by atomic mass is 10.2. The Kier molecular flexibility index (Phi) is 2.82. The summed E-state index contributed by atoms with van der Waals surface area (Å²) in [4.78, 5) is 4.51. The summed E-state index contributed by atoms with van der Waals surface area (Å²) >= 11 is 4.95. The maximum atomic E-state index is 5.61. The number of nitrogens with two attached hydrogens (primary N) is 1. The second kappa shape index (κ2) is 4.28. The molecule has 0 aromatic carbocycles. The van der Waals surface area contributed by atoms with E-state index in [2.05, 4.69) is 15.4 Å². The molecule has 0 aliphatic carbocycles. The van der Waals surface area contributed by atoms with Gasteiger partial charge >= 0.3 is 0 Å². The number of aryl methyl sites for hydroxylation is 1. The fourth-order valence-corrected chi connectivity index (χ4v) is 1.49. The molecule has 0 unspecified atom stereocenters. The number of nitrogens with zero attached hydrogens (tertiary/aromatic N) is 3. The highest BCUT2D eigenvalue weighted by molar-refractivity contribution is 7.80. The van der Waals surface area contributed by atoms with Crippen molar-refractivity contribution in [3.8, 4) is 0 Å². The molecule has 0 atom stereocenters. The van der Waals surface area contributed by atoms with Crippen molar-refractivity contribution in [1.82, 2.24) is 14.8 Å². The van der Waals surface area contributed by atoms with Crippen molar-refractivity contribution in [2.75, 3.05) is 5.32 Å². The van der Waals surface area contributed by atoms with Gasteiger partial charge in [0.05, 0.1) is 11.8 Å². The Bertz CT molecular complexity index is 519. The van der Waals surface area contributed by atoms with Crippen molar-refractivity contribution in [2.45, 2.75) is 0 Å². The molecule has 2 rings (SSSR count). The van der Waals surface area contributed by atoms with Crippen molar-refractivity contribution >= 4 is 28.8 Å². The quantitative estimate of drug-likeness (QED) is 0.779. The van der Waals surface area contributed by atoms with E-state index in [0.717, 1.165) is 11.4 Å². The molecule has 2 heterocycles. The second-order valence-corrected chi connectivity index (χ2v) is 3.67. The number of aromatic nitrogens is 3. The Morgan fingerprint density at radius 3 is 2.88 bits per heavy atom. The van der Waals surface area contributed by atoms with Crippen molar-refractivity contribution < 1.29 is 0 Å². The van der Waals surface area contributed by atoms with Crippen LogP contribution in [0.25, 0.3) is 0 Å². The largest absolute Gasteiger partial charge is 0.389 e. The number of anilines is 2. The van der Waals surface area contributed by atoms with E-state index in [0.29, 0.717) is 10.8 Å². The summed E-state index contributed by atoms with van der Waals surface area (Å²) in [5.74, 6) is 1.47. The molecule has 6 heteroatoms. The minimum atomic E-state index is 0.317. The summed E-state index contributed by atoms with van der Waals surface area (Å²) in [6, 6.07) is 5.47. The van der Waals surface area contributed by atoms with E-state index >= 15 is 0 Å². The van der Waals surface area contributed by atoms with Crippen LogP contribution in [0.5, 0.6) is 0 Å². The van der Waals surface area contributed by atoms with Crippen LogP contribution in [0.4, 0.5) is 11.6 Å². The van der Waals surface area contributed by atoms with Gasteiger partial charge in [-0.15, -0.1) is 0 Å². The van der Waals surface area contributed by atoms with Crippen LogP contribution >= 0.6 is 12.2 Å². The molecule has 0 aliphatic heterocycles. The molecule has 0 aliphatic rings. The molecular weight excluding hydrogens is 222 g/mol. The van der Waals surface area contributed by atoms with E-state index < -0.39 is 0 Å². The number of thiocarbonyl (C=S) groups is 1. The zero-order valence-electron chi connectivity index (χ0n) is 8.71. The Hall–Kier alpha value is -1.95. The smallest absolute Gasteiger partial charge is 0.141 e. The van der Waals surface area contributed by atoms with Gasteiger partial charge in [-0.2, -0.15) is 5.10 Å². The molecular formula is C10H11N5S. The van der Waals surface area contributed by atoms with Crippen LogP contribution in [0, 0.1) is 0 Å². The third-order valence-corrected chi connectivity index (χ3v) is 2.36. The van der Waals surface area contributed by atoms with Gasteiger partial charge in [0.15, 0.2) is 0 Å². The third-order valence-electron chi connectivity index (χ3n) is 2.14. The van der Waals surface area contributed by atoms with Crippen LogP contribution in [0.2, 0.25) is 0 Å². The molecule has 0 saturated heterocycles. The zero-order valence-corrected chi connectivity index (χ0v) is 9.53. The predicted molar refractivity (Wildman–Crippen MR) is 66.6 cm³/mol. The molecule has 0 bridgehead atoms. The normalized spacial score (nSPS) is 10.1. The van der Waals surface area contributed by atoms with E-state index in [1.54, 1.807) is 23.1 Å². The summed E-state index contributed by atoms with van der Waals surface area (Å²) < 4.78 is 1.71. The maximum Gasteiger partial charge on any atom is 0.141 e. The van der Waals surface area contributed by atoms with Gasteiger partial charge in [0.1, 0.15) is 16.6 Å². The molecule has 0 fully saturated rings. The van der Waals surface area contributed by atoms with Crippen LogP contribution in [-0.4, -0.2) is 19.8 Å². The Morgan fingerprint density at radius 1 is 1.44 bits per heavy atom. The van der Waals surface area contributed by atoms with Crippen molar-refractivity contribution in [3.05, 3.63) is 36.2 Å². The van der Waals surface area contributed by atoms with E-state index in [4.69, 9.17) is 18.0 Å². The average molecular weight is 233 g/mol. The lowest BCUT2D eigenvalue weighted by Crippen LogP contribution is -2.13. The summed E-state index contributed by atoms with van der Waals surface area (Å²) in [5.41, 5.74) is 6.33. The summed E-state index contributed by atoms with van der Waals surface area (Å²) in [7, 11) is 1.84. The van der Waals surface area contributed by atoms with E-state index in [1.165, 1.54) is 0 Å². The van der Waals surface area contributed by atoms with Gasteiger partial charge in [0.25, 0.3) is 0 Å². The van der Waals surface area contributed by atoms with Crippen LogP contribution in [0.1, 0.15) is 5.56 Å². The number of rotatable bonds is 3. The highest BCUT2D eigenvalue weighted by Gasteiger charge is 2.07. The summed E-state index contributed by atoms with van der Waals surface area (Å²) in [6.45, 7) is 0. The lowest BCUT2D eigenvalue weighted by Gasteiger charge is -2.09. The van der Waals surface area contributed by atoms with Gasteiger partial charge in [-0.05, 0) is 12.1 Å². The minimum absolute atomic E-state index is 0.317. The molecule has 0 spiro atoms. The topological polar surface area (TPSA) is 68.8 Å². The average Bonchev–Trinajstić information content (AvgIpc) is 2.65.